The van der Waals surface area contributed by atoms with Crippen LogP contribution in [0.3, 0.4) is 0 Å². The Kier molecular flexibility index (Phi) is 6.73. The summed E-state index contributed by atoms with van der Waals surface area (Å²) in [5, 5.41) is 20.3. The molecule has 0 saturated heterocycles. The van der Waals surface area contributed by atoms with Gasteiger partial charge in [0.05, 0.1) is 23.4 Å². The van der Waals surface area contributed by atoms with Crippen LogP contribution in [0.15, 0.2) is 53.8 Å². The van der Waals surface area contributed by atoms with Crippen LogP contribution in [0.25, 0.3) is 0 Å². The molecule has 0 radical (unpaired) electrons. The van der Waals surface area contributed by atoms with E-state index in [0.29, 0.717) is 30.7 Å². The van der Waals surface area contributed by atoms with Crippen LogP contribution in [0.1, 0.15) is 91.0 Å². The molecule has 0 amide bonds. The highest BCUT2D eigenvalue weighted by atomic mass is 16.5. The fourth-order valence-corrected chi connectivity index (χ4v) is 5.98. The zero-order valence-corrected chi connectivity index (χ0v) is 20.9. The average molecular weight is 484 g/mol. The molecule has 0 bridgehead atoms. The minimum atomic E-state index is -0.122. The second-order valence-electron chi connectivity index (χ2n) is 9.89. The molecule has 3 aromatic rings. The van der Waals surface area contributed by atoms with E-state index < -0.39 is 0 Å². The molecule has 1 saturated carbocycles. The number of ether oxygens (including phenoxy) is 1. The maximum absolute atomic E-state index is 13.6. The zero-order valence-electron chi connectivity index (χ0n) is 20.9. The summed E-state index contributed by atoms with van der Waals surface area (Å²) >= 11 is 0. The molecule has 1 N–H and O–H groups in total. The van der Waals surface area contributed by atoms with Crippen molar-refractivity contribution in [2.24, 2.45) is 0 Å². The van der Waals surface area contributed by atoms with Crippen molar-refractivity contribution in [1.82, 2.24) is 9.13 Å². The summed E-state index contributed by atoms with van der Waals surface area (Å²) < 4.78 is 9.76. The molecule has 2 heterocycles. The Hall–Kier alpha value is -3.72. The summed E-state index contributed by atoms with van der Waals surface area (Å²) in [6.07, 6.45) is 9.02. The first kappa shape index (κ1) is 24.0. The number of benzene rings is 2. The van der Waals surface area contributed by atoms with Gasteiger partial charge < -0.3 is 9.84 Å². The van der Waals surface area contributed by atoms with E-state index in [1.165, 1.54) is 6.42 Å². The van der Waals surface area contributed by atoms with Crippen molar-refractivity contribution in [2.75, 3.05) is 0 Å². The summed E-state index contributed by atoms with van der Waals surface area (Å²) in [7, 11) is 0. The first-order chi connectivity index (χ1) is 17.6. The third kappa shape index (κ3) is 4.13. The van der Waals surface area contributed by atoms with Gasteiger partial charge in [-0.2, -0.15) is 5.26 Å². The fraction of sp³-hybridized carbons (Fsp3) is 0.400. The number of aromatic nitrogens is 2. The van der Waals surface area contributed by atoms with Crippen LogP contribution in [0, 0.1) is 11.3 Å². The maximum atomic E-state index is 13.6. The van der Waals surface area contributed by atoms with Gasteiger partial charge in [0.1, 0.15) is 12.4 Å². The molecular weight excluding hydrogens is 450 g/mol. The normalized spacial score (nSPS) is 17.2. The maximum Gasteiger partial charge on any atom is 0.332 e. The molecule has 1 aromatic heterocycles. The van der Waals surface area contributed by atoms with Gasteiger partial charge in [0.2, 0.25) is 5.88 Å². The summed E-state index contributed by atoms with van der Waals surface area (Å²) in [4.78, 5) is 13.6. The van der Waals surface area contributed by atoms with E-state index in [2.05, 4.69) is 25.6 Å². The minimum Gasteiger partial charge on any atom is -0.493 e. The Bertz CT molecular complexity index is 1370. The Morgan fingerprint density at radius 2 is 1.89 bits per heavy atom. The molecule has 0 unspecified atom stereocenters. The number of nitriles is 1. The summed E-state index contributed by atoms with van der Waals surface area (Å²) in [6, 6.07) is 13.6. The Balaban J connectivity index is 1.53. The van der Waals surface area contributed by atoms with Crippen molar-refractivity contribution in [3.63, 3.8) is 0 Å². The van der Waals surface area contributed by atoms with Crippen molar-refractivity contribution in [2.45, 2.75) is 77.0 Å². The molecule has 1 atom stereocenters. The van der Waals surface area contributed by atoms with Gasteiger partial charge in [0.25, 0.3) is 0 Å². The van der Waals surface area contributed by atoms with Crippen LogP contribution >= 0.6 is 0 Å². The van der Waals surface area contributed by atoms with Gasteiger partial charge in [-0.1, -0.05) is 50.5 Å². The second-order valence-corrected chi connectivity index (χ2v) is 9.89. The number of hydrogen-bond donors (Lipinski definition) is 1. The van der Waals surface area contributed by atoms with Gasteiger partial charge in [-0.25, -0.2) is 4.79 Å². The van der Waals surface area contributed by atoms with E-state index in [1.54, 1.807) is 16.7 Å². The molecule has 1 fully saturated rings. The number of aromatic hydroxyl groups is 1. The van der Waals surface area contributed by atoms with Gasteiger partial charge in [0.15, 0.2) is 0 Å². The highest BCUT2D eigenvalue weighted by Crippen LogP contribution is 2.42. The lowest BCUT2D eigenvalue weighted by atomic mass is 9.86. The Morgan fingerprint density at radius 3 is 2.56 bits per heavy atom. The predicted octanol–water partition coefficient (Wildman–Crippen LogP) is 5.94. The van der Waals surface area contributed by atoms with Crippen molar-refractivity contribution in [3.8, 4) is 17.7 Å². The number of fused-ring (bicyclic) bond motifs is 2. The van der Waals surface area contributed by atoms with Crippen molar-refractivity contribution < 1.29 is 9.84 Å². The summed E-state index contributed by atoms with van der Waals surface area (Å²) in [5.74, 6) is 0.916. The van der Waals surface area contributed by atoms with Gasteiger partial charge in [-0.05, 0) is 60.6 Å². The number of rotatable bonds is 7. The Morgan fingerprint density at radius 1 is 1.14 bits per heavy atom. The standard InChI is InChI=1S/C30H33N3O3/c1-3-8-24-25-17-27-29(34)32(22-9-6-5-7-10-22)30(35)33(27)26(4-2)23(25)15-16-28(24)36-19-21-13-11-20(18-31)12-14-21/h3,11-16,22,26,34H,1,4-10,17,19H2,2H3/t26-/m1/s1. The van der Waals surface area contributed by atoms with Crippen LogP contribution in [0.5, 0.6) is 11.6 Å². The van der Waals surface area contributed by atoms with Gasteiger partial charge in [0, 0.05) is 18.0 Å². The topological polar surface area (TPSA) is 80.2 Å². The lowest BCUT2D eigenvalue weighted by Gasteiger charge is -2.29. The van der Waals surface area contributed by atoms with Gasteiger partial charge in [-0.3, -0.25) is 9.13 Å². The van der Waals surface area contributed by atoms with Crippen molar-refractivity contribution in [1.29, 1.82) is 5.26 Å². The monoisotopic (exact) mass is 483 g/mol. The van der Waals surface area contributed by atoms with E-state index in [1.807, 2.05) is 28.8 Å². The SMILES string of the molecule is C=CCc1c(OCc2ccc(C#N)cc2)ccc2c1Cc1c(O)n(C3CCCCC3)c(=O)n1[C@@H]2CC. The first-order valence-electron chi connectivity index (χ1n) is 13.0. The number of allylic oxidation sites excluding steroid dienone is 1. The molecule has 5 rings (SSSR count). The number of nitrogens with zero attached hydrogens (tertiary/aromatic N) is 3. The summed E-state index contributed by atoms with van der Waals surface area (Å²) in [5.41, 5.74) is 5.52. The molecule has 2 aromatic carbocycles. The first-order valence-corrected chi connectivity index (χ1v) is 13.0. The van der Waals surface area contributed by atoms with E-state index in [9.17, 15) is 9.90 Å². The van der Waals surface area contributed by atoms with Crippen LogP contribution in [-0.2, 0) is 19.4 Å². The average Bonchev–Trinajstić information content (AvgIpc) is 3.17. The molecule has 0 spiro atoms. The van der Waals surface area contributed by atoms with E-state index in [4.69, 9.17) is 10.00 Å². The van der Waals surface area contributed by atoms with E-state index in [0.717, 1.165) is 60.1 Å². The zero-order chi connectivity index (χ0) is 25.2. The van der Waals surface area contributed by atoms with Crippen LogP contribution in [0.4, 0.5) is 0 Å². The quantitative estimate of drug-likeness (QED) is 0.422. The molecule has 36 heavy (non-hydrogen) atoms. The third-order valence-corrected chi connectivity index (χ3v) is 7.78. The second kappa shape index (κ2) is 10.1. The van der Waals surface area contributed by atoms with Crippen molar-refractivity contribution in [3.05, 3.63) is 93.0 Å². The van der Waals surface area contributed by atoms with Crippen LogP contribution in [-0.4, -0.2) is 14.2 Å². The summed E-state index contributed by atoms with van der Waals surface area (Å²) in [6.45, 7) is 6.45. The highest BCUT2D eigenvalue weighted by Gasteiger charge is 2.35. The molecule has 1 aliphatic carbocycles. The van der Waals surface area contributed by atoms with Crippen molar-refractivity contribution >= 4 is 0 Å². The van der Waals surface area contributed by atoms with Crippen LogP contribution < -0.4 is 10.4 Å². The lowest BCUT2D eigenvalue weighted by Crippen LogP contribution is -2.33. The van der Waals surface area contributed by atoms with E-state index >= 15 is 0 Å². The smallest absolute Gasteiger partial charge is 0.332 e. The molecule has 2 aliphatic rings. The molecule has 6 heteroatoms. The predicted molar refractivity (Wildman–Crippen MR) is 140 cm³/mol. The molecule has 1 aliphatic heterocycles. The Labute approximate surface area is 212 Å². The minimum absolute atomic E-state index is 0.0731. The number of imidazole rings is 1. The molecule has 186 valence electrons. The number of hydrogen-bond acceptors (Lipinski definition) is 4. The van der Waals surface area contributed by atoms with Gasteiger partial charge in [-0.15, -0.1) is 6.58 Å². The largest absolute Gasteiger partial charge is 0.493 e. The molecule has 6 nitrogen and oxygen atoms in total. The van der Waals surface area contributed by atoms with Crippen LogP contribution in [0.2, 0.25) is 0 Å². The third-order valence-electron chi connectivity index (χ3n) is 7.78. The van der Waals surface area contributed by atoms with Gasteiger partial charge >= 0.3 is 5.69 Å². The highest BCUT2D eigenvalue weighted by molar-refractivity contribution is 5.52. The fourth-order valence-electron chi connectivity index (χ4n) is 5.98. The molecular formula is C30H33N3O3. The van der Waals surface area contributed by atoms with E-state index in [-0.39, 0.29) is 23.7 Å². The lowest BCUT2D eigenvalue weighted by molar-refractivity contribution is 0.302.